The first-order valence-electron chi connectivity index (χ1n) is 11.2. The first kappa shape index (κ1) is 26.8. The predicted octanol–water partition coefficient (Wildman–Crippen LogP) is 5.84. The van der Waals surface area contributed by atoms with E-state index in [9.17, 15) is 5.11 Å². The van der Waals surface area contributed by atoms with Crippen LogP contribution in [0.5, 0.6) is 5.75 Å². The van der Waals surface area contributed by atoms with Crippen LogP contribution in [0.15, 0.2) is 17.1 Å². The molecule has 0 aliphatic carbocycles. The Labute approximate surface area is 185 Å². The Morgan fingerprint density at radius 3 is 1.87 bits per heavy atom. The maximum atomic E-state index is 10.9. The van der Waals surface area contributed by atoms with Crippen molar-refractivity contribution in [1.29, 1.82) is 0 Å². The molecule has 0 heterocycles. The molecule has 1 rings (SSSR count). The highest BCUT2D eigenvalue weighted by Crippen LogP contribution is 2.37. The number of aromatic hydroxyl groups is 1. The van der Waals surface area contributed by atoms with Gasteiger partial charge in [0.05, 0.1) is 0 Å². The molecule has 0 aromatic heterocycles. The van der Waals surface area contributed by atoms with Gasteiger partial charge in [-0.1, -0.05) is 47.6 Å². The fraction of sp³-hybridized carbons (Fsp3) is 0.708. The molecule has 0 amide bonds. The molecule has 0 fully saturated rings. The van der Waals surface area contributed by atoms with Crippen molar-refractivity contribution in [3.8, 4) is 5.75 Å². The molecule has 0 bridgehead atoms. The molecule has 0 aliphatic rings. The van der Waals surface area contributed by atoms with Crippen molar-refractivity contribution >= 4 is 15.0 Å². The lowest BCUT2D eigenvalue weighted by Crippen LogP contribution is -2.46. The maximum Gasteiger partial charge on any atom is 0.500 e. The van der Waals surface area contributed by atoms with Gasteiger partial charge in [0.25, 0.3) is 0 Å². The Morgan fingerprint density at radius 1 is 0.900 bits per heavy atom. The van der Waals surface area contributed by atoms with Crippen LogP contribution in [0, 0.1) is 0 Å². The van der Waals surface area contributed by atoms with E-state index in [1.165, 1.54) is 5.56 Å². The van der Waals surface area contributed by atoms with E-state index in [1.807, 2.05) is 26.8 Å². The SMILES string of the molecule is CCO[Si](CCCN=Cc1cc(C(C)(C)C)cc(C(C)(C)C)c1O)(OCC)OCC. The largest absolute Gasteiger partial charge is 0.507 e. The van der Waals surface area contributed by atoms with Gasteiger partial charge in [-0.15, -0.1) is 0 Å². The second kappa shape index (κ2) is 11.4. The Kier molecular flexibility index (Phi) is 10.2. The molecule has 0 radical (unpaired) electrons. The maximum absolute atomic E-state index is 10.9. The number of nitrogens with zero attached hydrogens (tertiary/aromatic N) is 1. The average Bonchev–Trinajstić information content (AvgIpc) is 2.61. The molecule has 0 atom stereocenters. The minimum atomic E-state index is -2.63. The highest BCUT2D eigenvalue weighted by atomic mass is 28.4. The summed E-state index contributed by atoms with van der Waals surface area (Å²) in [4.78, 5) is 4.60. The van der Waals surface area contributed by atoms with Gasteiger partial charge in [-0.2, -0.15) is 0 Å². The molecule has 0 saturated carbocycles. The molecule has 6 heteroatoms. The van der Waals surface area contributed by atoms with Crippen LogP contribution in [0.25, 0.3) is 0 Å². The molecule has 1 aromatic carbocycles. The molecule has 0 saturated heterocycles. The number of phenolic OH excluding ortho intramolecular Hbond substituents is 1. The lowest BCUT2D eigenvalue weighted by atomic mass is 9.79. The Morgan fingerprint density at radius 2 is 1.43 bits per heavy atom. The van der Waals surface area contributed by atoms with Crippen molar-refractivity contribution in [1.82, 2.24) is 0 Å². The average molecular weight is 438 g/mol. The van der Waals surface area contributed by atoms with Crippen LogP contribution in [-0.2, 0) is 24.1 Å². The zero-order valence-corrected chi connectivity index (χ0v) is 21.6. The molecule has 0 spiro atoms. The number of phenols is 1. The molecule has 1 aromatic rings. The normalized spacial score (nSPS) is 13.4. The summed E-state index contributed by atoms with van der Waals surface area (Å²) >= 11 is 0. The molecule has 30 heavy (non-hydrogen) atoms. The van der Waals surface area contributed by atoms with E-state index in [1.54, 1.807) is 6.21 Å². The van der Waals surface area contributed by atoms with Crippen LogP contribution >= 0.6 is 0 Å². The third-order valence-electron chi connectivity index (χ3n) is 4.91. The van der Waals surface area contributed by atoms with Crippen molar-refractivity contribution in [2.24, 2.45) is 4.99 Å². The van der Waals surface area contributed by atoms with Crippen LogP contribution in [0.3, 0.4) is 0 Å². The number of aliphatic imine (C=N–C) groups is 1. The van der Waals surface area contributed by atoms with Gasteiger partial charge in [0, 0.05) is 49.8 Å². The summed E-state index contributed by atoms with van der Waals surface area (Å²) in [5.74, 6) is 0.320. The predicted molar refractivity (Wildman–Crippen MR) is 128 cm³/mol. The van der Waals surface area contributed by atoms with E-state index in [2.05, 4.69) is 52.6 Å². The summed E-state index contributed by atoms with van der Waals surface area (Å²) in [5.41, 5.74) is 2.77. The van der Waals surface area contributed by atoms with Gasteiger partial charge in [-0.05, 0) is 49.7 Å². The molecule has 0 unspecified atom stereocenters. The summed E-state index contributed by atoms with van der Waals surface area (Å²) in [6, 6.07) is 4.91. The lowest BCUT2D eigenvalue weighted by molar-refractivity contribution is 0.0710. The third kappa shape index (κ3) is 7.80. The molecule has 1 N–H and O–H groups in total. The van der Waals surface area contributed by atoms with Crippen molar-refractivity contribution in [3.05, 3.63) is 28.8 Å². The Balaban J connectivity index is 2.99. The van der Waals surface area contributed by atoms with E-state index in [0.717, 1.165) is 23.6 Å². The van der Waals surface area contributed by atoms with Crippen LogP contribution in [0.4, 0.5) is 0 Å². The van der Waals surface area contributed by atoms with E-state index < -0.39 is 8.80 Å². The minimum Gasteiger partial charge on any atom is -0.507 e. The molecule has 172 valence electrons. The van der Waals surface area contributed by atoms with Gasteiger partial charge in [-0.3, -0.25) is 4.99 Å². The summed E-state index contributed by atoms with van der Waals surface area (Å²) in [7, 11) is -2.63. The summed E-state index contributed by atoms with van der Waals surface area (Å²) < 4.78 is 17.7. The quantitative estimate of drug-likeness (QED) is 0.268. The van der Waals surface area contributed by atoms with Gasteiger partial charge < -0.3 is 18.4 Å². The lowest BCUT2D eigenvalue weighted by Gasteiger charge is -2.28. The third-order valence-corrected chi connectivity index (χ3v) is 8.06. The standard InChI is InChI=1S/C24H43NO4Si/c1-10-27-30(28-11-2,29-12-3)15-13-14-25-18-19-16-20(23(4,5)6)17-21(22(19)26)24(7,8)9/h16-18,26H,10-15H2,1-9H3. The molecular weight excluding hydrogens is 394 g/mol. The first-order chi connectivity index (χ1) is 13.9. The molecule has 5 nitrogen and oxygen atoms in total. The molecular formula is C24H43NO4Si. The summed E-state index contributed by atoms with van der Waals surface area (Å²) in [5, 5.41) is 10.9. The van der Waals surface area contributed by atoms with Crippen LogP contribution in [0.1, 0.15) is 85.4 Å². The summed E-state index contributed by atoms with van der Waals surface area (Å²) in [6.07, 6.45) is 2.61. The van der Waals surface area contributed by atoms with E-state index in [-0.39, 0.29) is 10.8 Å². The second-order valence-electron chi connectivity index (χ2n) is 9.58. The minimum absolute atomic E-state index is 0.00599. The Bertz CT molecular complexity index is 673. The van der Waals surface area contributed by atoms with Crippen molar-refractivity contribution in [3.63, 3.8) is 0 Å². The fourth-order valence-corrected chi connectivity index (χ4v) is 5.90. The second-order valence-corrected chi connectivity index (χ2v) is 12.3. The van der Waals surface area contributed by atoms with Crippen LogP contribution in [0.2, 0.25) is 6.04 Å². The zero-order chi connectivity index (χ0) is 23.0. The monoisotopic (exact) mass is 437 g/mol. The fourth-order valence-electron chi connectivity index (χ4n) is 3.31. The van der Waals surface area contributed by atoms with Crippen LogP contribution in [-0.4, -0.2) is 46.5 Å². The molecule has 0 aliphatic heterocycles. The number of hydrogen-bond donors (Lipinski definition) is 1. The summed E-state index contributed by atoms with van der Waals surface area (Å²) in [6.45, 7) is 21.2. The van der Waals surface area contributed by atoms with E-state index in [0.29, 0.717) is 32.1 Å². The first-order valence-corrected chi connectivity index (χ1v) is 13.1. The van der Waals surface area contributed by atoms with Gasteiger partial charge in [0.15, 0.2) is 0 Å². The van der Waals surface area contributed by atoms with Crippen molar-refractivity contribution in [2.45, 2.75) is 85.6 Å². The van der Waals surface area contributed by atoms with E-state index in [4.69, 9.17) is 13.3 Å². The van der Waals surface area contributed by atoms with Gasteiger partial charge in [0.1, 0.15) is 5.75 Å². The highest BCUT2D eigenvalue weighted by Gasteiger charge is 2.39. The smallest absolute Gasteiger partial charge is 0.500 e. The number of hydrogen-bond acceptors (Lipinski definition) is 5. The van der Waals surface area contributed by atoms with Crippen LogP contribution < -0.4 is 0 Å². The highest BCUT2D eigenvalue weighted by molar-refractivity contribution is 6.60. The van der Waals surface area contributed by atoms with Gasteiger partial charge >= 0.3 is 8.80 Å². The zero-order valence-electron chi connectivity index (χ0n) is 20.6. The van der Waals surface area contributed by atoms with Gasteiger partial charge in [-0.25, -0.2) is 0 Å². The number of benzene rings is 1. The number of rotatable bonds is 11. The van der Waals surface area contributed by atoms with Crippen molar-refractivity contribution < 1.29 is 18.4 Å². The van der Waals surface area contributed by atoms with Crippen molar-refractivity contribution in [2.75, 3.05) is 26.4 Å². The van der Waals surface area contributed by atoms with E-state index >= 15 is 0 Å². The Hall–Kier alpha value is -1.21. The van der Waals surface area contributed by atoms with Gasteiger partial charge in [0.2, 0.25) is 0 Å². The topological polar surface area (TPSA) is 60.3 Å².